The van der Waals surface area contributed by atoms with E-state index in [1.807, 2.05) is 0 Å². The van der Waals surface area contributed by atoms with Crippen LogP contribution in [0.25, 0.3) is 0 Å². The highest BCUT2D eigenvalue weighted by atomic mass is 19.1. The SMILES string of the molecule is C#CCC(C)NC(=O)c1ccncc1F. The van der Waals surface area contributed by atoms with Crippen molar-refractivity contribution in [3.8, 4) is 12.3 Å². The number of rotatable bonds is 3. The minimum Gasteiger partial charge on any atom is -0.349 e. The molecule has 0 aliphatic rings. The molecule has 1 N–H and O–H groups in total. The van der Waals surface area contributed by atoms with Gasteiger partial charge in [-0.1, -0.05) is 0 Å². The van der Waals surface area contributed by atoms with Gasteiger partial charge in [-0.05, 0) is 13.0 Å². The van der Waals surface area contributed by atoms with Gasteiger partial charge >= 0.3 is 0 Å². The van der Waals surface area contributed by atoms with Gasteiger partial charge in [-0.15, -0.1) is 12.3 Å². The van der Waals surface area contributed by atoms with Crippen LogP contribution in [-0.2, 0) is 0 Å². The monoisotopic (exact) mass is 206 g/mol. The fourth-order valence-corrected chi connectivity index (χ4v) is 1.09. The van der Waals surface area contributed by atoms with Gasteiger partial charge in [0, 0.05) is 18.7 Å². The minimum atomic E-state index is -0.636. The first-order valence-electron chi connectivity index (χ1n) is 4.49. The van der Waals surface area contributed by atoms with Crippen molar-refractivity contribution in [1.82, 2.24) is 10.3 Å². The maximum atomic E-state index is 13.1. The Labute approximate surface area is 87.7 Å². The molecular formula is C11H11FN2O. The molecule has 1 atom stereocenters. The van der Waals surface area contributed by atoms with Crippen molar-refractivity contribution in [2.24, 2.45) is 0 Å². The summed E-state index contributed by atoms with van der Waals surface area (Å²) in [7, 11) is 0. The number of nitrogens with one attached hydrogen (secondary N) is 1. The van der Waals surface area contributed by atoms with Gasteiger partial charge in [0.25, 0.3) is 5.91 Å². The van der Waals surface area contributed by atoms with Crippen LogP contribution in [0.3, 0.4) is 0 Å². The van der Waals surface area contributed by atoms with E-state index in [4.69, 9.17) is 6.42 Å². The number of nitrogens with zero attached hydrogens (tertiary/aromatic N) is 1. The second kappa shape index (κ2) is 5.11. The van der Waals surface area contributed by atoms with Crippen LogP contribution < -0.4 is 5.32 Å². The smallest absolute Gasteiger partial charge is 0.254 e. The number of terminal acetylenes is 1. The molecule has 0 bridgehead atoms. The summed E-state index contributed by atoms with van der Waals surface area (Å²) in [6.45, 7) is 1.76. The highest BCUT2D eigenvalue weighted by Crippen LogP contribution is 2.04. The number of aromatic nitrogens is 1. The van der Waals surface area contributed by atoms with E-state index < -0.39 is 11.7 Å². The Kier molecular flexibility index (Phi) is 3.81. The van der Waals surface area contributed by atoms with Crippen molar-refractivity contribution >= 4 is 5.91 Å². The molecule has 0 aromatic carbocycles. The van der Waals surface area contributed by atoms with E-state index in [0.717, 1.165) is 6.20 Å². The van der Waals surface area contributed by atoms with Gasteiger partial charge in [-0.3, -0.25) is 9.78 Å². The highest BCUT2D eigenvalue weighted by molar-refractivity contribution is 5.94. The molecule has 78 valence electrons. The molecule has 1 heterocycles. The molecule has 3 nitrogen and oxygen atoms in total. The van der Waals surface area contributed by atoms with Gasteiger partial charge in [0.1, 0.15) is 0 Å². The number of hydrogen-bond donors (Lipinski definition) is 1. The summed E-state index contributed by atoms with van der Waals surface area (Å²) in [5, 5.41) is 2.59. The third-order valence-electron chi connectivity index (χ3n) is 1.82. The first-order chi connectivity index (χ1) is 7.15. The molecule has 0 spiro atoms. The van der Waals surface area contributed by atoms with E-state index in [1.54, 1.807) is 6.92 Å². The van der Waals surface area contributed by atoms with E-state index in [1.165, 1.54) is 12.3 Å². The Hall–Kier alpha value is -1.89. The largest absolute Gasteiger partial charge is 0.349 e. The van der Waals surface area contributed by atoms with E-state index in [2.05, 4.69) is 16.2 Å². The first kappa shape index (κ1) is 11.2. The van der Waals surface area contributed by atoms with Gasteiger partial charge in [0.2, 0.25) is 0 Å². The van der Waals surface area contributed by atoms with E-state index in [-0.39, 0.29) is 11.6 Å². The molecule has 1 aromatic rings. The van der Waals surface area contributed by atoms with E-state index in [9.17, 15) is 9.18 Å². The normalized spacial score (nSPS) is 11.5. The van der Waals surface area contributed by atoms with Crippen LogP contribution in [-0.4, -0.2) is 16.9 Å². The molecule has 1 amide bonds. The van der Waals surface area contributed by atoms with Crippen LogP contribution in [0, 0.1) is 18.2 Å². The lowest BCUT2D eigenvalue weighted by Crippen LogP contribution is -2.32. The van der Waals surface area contributed by atoms with Crippen LogP contribution in [0.15, 0.2) is 18.5 Å². The van der Waals surface area contributed by atoms with Crippen molar-refractivity contribution in [3.05, 3.63) is 29.8 Å². The van der Waals surface area contributed by atoms with Crippen LogP contribution >= 0.6 is 0 Å². The Morgan fingerprint density at radius 3 is 3.13 bits per heavy atom. The van der Waals surface area contributed by atoms with Crippen LogP contribution in [0.1, 0.15) is 23.7 Å². The highest BCUT2D eigenvalue weighted by Gasteiger charge is 2.12. The molecular weight excluding hydrogens is 195 g/mol. The van der Waals surface area contributed by atoms with Gasteiger partial charge in [0.15, 0.2) is 5.82 Å². The lowest BCUT2D eigenvalue weighted by molar-refractivity contribution is 0.0936. The molecule has 0 saturated heterocycles. The summed E-state index contributed by atoms with van der Waals surface area (Å²) < 4.78 is 13.1. The molecule has 1 rings (SSSR count). The number of hydrogen-bond acceptors (Lipinski definition) is 2. The summed E-state index contributed by atoms with van der Waals surface area (Å²) in [5.74, 6) is 1.31. The first-order valence-corrected chi connectivity index (χ1v) is 4.49. The third kappa shape index (κ3) is 3.06. The predicted molar refractivity (Wildman–Crippen MR) is 54.6 cm³/mol. The number of pyridine rings is 1. The van der Waals surface area contributed by atoms with Crippen molar-refractivity contribution < 1.29 is 9.18 Å². The number of carbonyl (C=O) groups excluding carboxylic acids is 1. The Bertz CT molecular complexity index is 398. The maximum Gasteiger partial charge on any atom is 0.254 e. The van der Waals surface area contributed by atoms with Crippen LogP contribution in [0.4, 0.5) is 4.39 Å². The fraction of sp³-hybridized carbons (Fsp3) is 0.273. The summed E-state index contributed by atoms with van der Waals surface area (Å²) in [5.41, 5.74) is -0.0196. The van der Waals surface area contributed by atoms with Gasteiger partial charge in [-0.25, -0.2) is 4.39 Å². The van der Waals surface area contributed by atoms with Gasteiger partial charge in [0.05, 0.1) is 11.8 Å². The summed E-state index contributed by atoms with van der Waals surface area (Å²) >= 11 is 0. The zero-order chi connectivity index (χ0) is 11.3. The molecule has 1 aromatic heterocycles. The van der Waals surface area contributed by atoms with Gasteiger partial charge in [-0.2, -0.15) is 0 Å². The zero-order valence-corrected chi connectivity index (χ0v) is 8.33. The lowest BCUT2D eigenvalue weighted by Gasteiger charge is -2.10. The van der Waals surface area contributed by atoms with Crippen molar-refractivity contribution in [2.45, 2.75) is 19.4 Å². The average molecular weight is 206 g/mol. The third-order valence-corrected chi connectivity index (χ3v) is 1.82. The second-order valence-corrected chi connectivity index (χ2v) is 3.14. The molecule has 0 aliphatic heterocycles. The van der Waals surface area contributed by atoms with E-state index >= 15 is 0 Å². The van der Waals surface area contributed by atoms with Gasteiger partial charge < -0.3 is 5.32 Å². The molecule has 0 radical (unpaired) electrons. The Morgan fingerprint density at radius 2 is 2.53 bits per heavy atom. The molecule has 15 heavy (non-hydrogen) atoms. The van der Waals surface area contributed by atoms with Crippen LogP contribution in [0.2, 0.25) is 0 Å². The predicted octanol–water partition coefficient (Wildman–Crippen LogP) is 1.36. The molecule has 0 saturated carbocycles. The second-order valence-electron chi connectivity index (χ2n) is 3.14. The zero-order valence-electron chi connectivity index (χ0n) is 8.33. The van der Waals surface area contributed by atoms with Crippen molar-refractivity contribution in [1.29, 1.82) is 0 Å². The fourth-order valence-electron chi connectivity index (χ4n) is 1.09. The molecule has 4 heteroatoms. The minimum absolute atomic E-state index is 0.0196. The Morgan fingerprint density at radius 1 is 1.80 bits per heavy atom. The summed E-state index contributed by atoms with van der Waals surface area (Å²) in [6, 6.07) is 1.16. The Balaban J connectivity index is 2.70. The van der Waals surface area contributed by atoms with Crippen molar-refractivity contribution in [2.75, 3.05) is 0 Å². The van der Waals surface area contributed by atoms with Crippen LogP contribution in [0.5, 0.6) is 0 Å². The van der Waals surface area contributed by atoms with E-state index in [0.29, 0.717) is 6.42 Å². The summed E-state index contributed by atoms with van der Waals surface area (Å²) in [4.78, 5) is 15.1. The number of halogens is 1. The number of carbonyl (C=O) groups is 1. The lowest BCUT2D eigenvalue weighted by atomic mass is 10.2. The van der Waals surface area contributed by atoms with Crippen molar-refractivity contribution in [3.63, 3.8) is 0 Å². The average Bonchev–Trinajstić information content (AvgIpc) is 2.18. The standard InChI is InChI=1S/C11H11FN2O/c1-3-4-8(2)14-11(15)9-5-6-13-7-10(9)12/h1,5-8H,4H2,2H3,(H,14,15). The molecule has 0 aliphatic carbocycles. The quantitative estimate of drug-likeness (QED) is 0.759. The topological polar surface area (TPSA) is 42.0 Å². The molecule has 0 fully saturated rings. The molecule has 1 unspecified atom stereocenters. The summed E-state index contributed by atoms with van der Waals surface area (Å²) in [6.07, 6.45) is 7.87. The maximum absolute atomic E-state index is 13.1. The number of amides is 1.